The Morgan fingerprint density at radius 1 is 1.14 bits per heavy atom. The van der Waals surface area contributed by atoms with E-state index in [4.69, 9.17) is 5.73 Å². The SMILES string of the molecule is CC(Nc1cc(N)nc(-c2ccccc2)n1)c1ccsc1. The van der Waals surface area contributed by atoms with Gasteiger partial charge in [-0.1, -0.05) is 30.3 Å². The lowest BCUT2D eigenvalue weighted by molar-refractivity contribution is 0.878. The van der Waals surface area contributed by atoms with Crippen molar-refractivity contribution in [1.29, 1.82) is 0 Å². The van der Waals surface area contributed by atoms with E-state index in [1.54, 1.807) is 17.4 Å². The normalized spacial score (nSPS) is 12.0. The molecule has 0 spiro atoms. The molecular formula is C16H16N4S. The molecule has 0 bridgehead atoms. The standard InChI is InChI=1S/C16H16N4S/c1-11(13-7-8-21-10-13)18-15-9-14(17)19-16(20-15)12-5-3-2-4-6-12/h2-11H,1H3,(H3,17,18,19,20). The monoisotopic (exact) mass is 296 g/mol. The van der Waals surface area contributed by atoms with Crippen LogP contribution in [0.2, 0.25) is 0 Å². The molecule has 4 nitrogen and oxygen atoms in total. The molecular weight excluding hydrogens is 280 g/mol. The maximum atomic E-state index is 5.90. The fraction of sp³-hybridized carbons (Fsp3) is 0.125. The third-order valence-corrected chi connectivity index (χ3v) is 3.89. The van der Waals surface area contributed by atoms with Crippen molar-refractivity contribution in [3.05, 3.63) is 58.8 Å². The minimum atomic E-state index is 0.175. The Kier molecular flexibility index (Phi) is 3.83. The molecule has 0 saturated carbocycles. The quantitative estimate of drug-likeness (QED) is 0.765. The van der Waals surface area contributed by atoms with E-state index in [0.29, 0.717) is 11.6 Å². The molecule has 0 fully saturated rings. The molecule has 3 aromatic rings. The van der Waals surface area contributed by atoms with Gasteiger partial charge in [-0.05, 0) is 29.3 Å². The lowest BCUT2D eigenvalue weighted by Gasteiger charge is -2.14. The molecule has 106 valence electrons. The van der Waals surface area contributed by atoms with Crippen LogP contribution in [0.4, 0.5) is 11.6 Å². The Labute approximate surface area is 127 Å². The maximum Gasteiger partial charge on any atom is 0.163 e. The molecule has 2 aromatic heterocycles. The Bertz CT molecular complexity index is 710. The Morgan fingerprint density at radius 2 is 1.95 bits per heavy atom. The van der Waals surface area contributed by atoms with Crippen molar-refractivity contribution in [1.82, 2.24) is 9.97 Å². The molecule has 1 unspecified atom stereocenters. The number of rotatable bonds is 4. The summed E-state index contributed by atoms with van der Waals surface area (Å²) < 4.78 is 0. The van der Waals surface area contributed by atoms with Crippen molar-refractivity contribution in [2.75, 3.05) is 11.1 Å². The Morgan fingerprint density at radius 3 is 2.67 bits per heavy atom. The minimum Gasteiger partial charge on any atom is -0.384 e. The third-order valence-electron chi connectivity index (χ3n) is 3.19. The second-order valence-corrected chi connectivity index (χ2v) is 5.57. The van der Waals surface area contributed by atoms with Crippen LogP contribution in [0.3, 0.4) is 0 Å². The summed E-state index contributed by atoms with van der Waals surface area (Å²) in [6.45, 7) is 2.10. The van der Waals surface area contributed by atoms with Gasteiger partial charge in [-0.15, -0.1) is 0 Å². The van der Waals surface area contributed by atoms with E-state index >= 15 is 0 Å². The first-order chi connectivity index (χ1) is 10.2. The van der Waals surface area contributed by atoms with Crippen LogP contribution in [-0.4, -0.2) is 9.97 Å². The van der Waals surface area contributed by atoms with Crippen molar-refractivity contribution in [3.63, 3.8) is 0 Å². The lowest BCUT2D eigenvalue weighted by Crippen LogP contribution is -2.09. The average molecular weight is 296 g/mol. The number of aromatic nitrogens is 2. The number of nitrogens with zero attached hydrogens (tertiary/aromatic N) is 2. The Hall–Kier alpha value is -2.40. The largest absolute Gasteiger partial charge is 0.384 e. The van der Waals surface area contributed by atoms with E-state index < -0.39 is 0 Å². The van der Waals surface area contributed by atoms with Crippen molar-refractivity contribution >= 4 is 23.0 Å². The second-order valence-electron chi connectivity index (χ2n) is 4.79. The van der Waals surface area contributed by atoms with E-state index in [9.17, 15) is 0 Å². The van der Waals surface area contributed by atoms with Gasteiger partial charge in [-0.2, -0.15) is 11.3 Å². The van der Waals surface area contributed by atoms with Crippen molar-refractivity contribution in [3.8, 4) is 11.4 Å². The topological polar surface area (TPSA) is 63.8 Å². The molecule has 3 rings (SSSR count). The summed E-state index contributed by atoms with van der Waals surface area (Å²) in [4.78, 5) is 8.86. The number of benzene rings is 1. The van der Waals surface area contributed by atoms with Crippen molar-refractivity contribution < 1.29 is 0 Å². The van der Waals surface area contributed by atoms with Crippen LogP contribution >= 0.6 is 11.3 Å². The zero-order valence-electron chi connectivity index (χ0n) is 11.7. The number of hydrogen-bond donors (Lipinski definition) is 2. The van der Waals surface area contributed by atoms with E-state index in [2.05, 4.69) is 39.0 Å². The van der Waals surface area contributed by atoms with E-state index in [1.807, 2.05) is 30.3 Å². The zero-order valence-corrected chi connectivity index (χ0v) is 12.5. The van der Waals surface area contributed by atoms with Gasteiger partial charge in [0.15, 0.2) is 5.82 Å². The summed E-state index contributed by atoms with van der Waals surface area (Å²) in [5.41, 5.74) is 8.09. The molecule has 0 aliphatic heterocycles. The van der Waals surface area contributed by atoms with Gasteiger partial charge in [0.1, 0.15) is 11.6 Å². The lowest BCUT2D eigenvalue weighted by atomic mass is 10.2. The van der Waals surface area contributed by atoms with Gasteiger partial charge in [-0.3, -0.25) is 0 Å². The van der Waals surface area contributed by atoms with Crippen LogP contribution in [0.5, 0.6) is 0 Å². The smallest absolute Gasteiger partial charge is 0.163 e. The highest BCUT2D eigenvalue weighted by molar-refractivity contribution is 7.07. The number of anilines is 2. The number of nitrogens with two attached hydrogens (primary N) is 1. The molecule has 1 aromatic carbocycles. The fourth-order valence-corrected chi connectivity index (χ4v) is 2.84. The molecule has 1 atom stereocenters. The van der Waals surface area contributed by atoms with Crippen LogP contribution in [0.25, 0.3) is 11.4 Å². The molecule has 0 aliphatic rings. The molecule has 0 radical (unpaired) electrons. The van der Waals surface area contributed by atoms with E-state index in [-0.39, 0.29) is 6.04 Å². The van der Waals surface area contributed by atoms with Gasteiger partial charge >= 0.3 is 0 Å². The molecule has 21 heavy (non-hydrogen) atoms. The van der Waals surface area contributed by atoms with Gasteiger partial charge < -0.3 is 11.1 Å². The summed E-state index contributed by atoms with van der Waals surface area (Å²) in [7, 11) is 0. The molecule has 2 heterocycles. The summed E-state index contributed by atoms with van der Waals surface area (Å²) in [5.74, 6) is 1.83. The number of thiophene rings is 1. The molecule has 3 N–H and O–H groups in total. The molecule has 0 aliphatic carbocycles. The van der Waals surface area contributed by atoms with Crippen LogP contribution in [0, 0.1) is 0 Å². The van der Waals surface area contributed by atoms with Crippen LogP contribution in [-0.2, 0) is 0 Å². The summed E-state index contributed by atoms with van der Waals surface area (Å²) in [6, 6.07) is 13.9. The van der Waals surface area contributed by atoms with Crippen molar-refractivity contribution in [2.45, 2.75) is 13.0 Å². The van der Waals surface area contributed by atoms with E-state index in [0.717, 1.165) is 11.4 Å². The third kappa shape index (κ3) is 3.20. The highest BCUT2D eigenvalue weighted by atomic mass is 32.1. The number of nitrogens with one attached hydrogen (secondary N) is 1. The minimum absolute atomic E-state index is 0.175. The highest BCUT2D eigenvalue weighted by Gasteiger charge is 2.09. The van der Waals surface area contributed by atoms with E-state index in [1.165, 1.54) is 5.56 Å². The van der Waals surface area contributed by atoms with Gasteiger partial charge in [-0.25, -0.2) is 9.97 Å². The van der Waals surface area contributed by atoms with Crippen molar-refractivity contribution in [2.24, 2.45) is 0 Å². The highest BCUT2D eigenvalue weighted by Crippen LogP contribution is 2.23. The predicted molar refractivity (Wildman–Crippen MR) is 88.2 cm³/mol. The first-order valence-electron chi connectivity index (χ1n) is 6.71. The molecule has 0 amide bonds. The van der Waals surface area contributed by atoms with Gasteiger partial charge in [0.2, 0.25) is 0 Å². The number of nitrogen functional groups attached to an aromatic ring is 1. The number of hydrogen-bond acceptors (Lipinski definition) is 5. The van der Waals surface area contributed by atoms with Crippen LogP contribution < -0.4 is 11.1 Å². The van der Waals surface area contributed by atoms with Gasteiger partial charge in [0, 0.05) is 11.6 Å². The average Bonchev–Trinajstić information content (AvgIpc) is 3.02. The first kappa shape index (κ1) is 13.6. The fourth-order valence-electron chi connectivity index (χ4n) is 2.08. The zero-order chi connectivity index (χ0) is 14.7. The van der Waals surface area contributed by atoms with Gasteiger partial charge in [0.05, 0.1) is 6.04 Å². The first-order valence-corrected chi connectivity index (χ1v) is 7.65. The maximum absolute atomic E-state index is 5.90. The summed E-state index contributed by atoms with van der Waals surface area (Å²) in [5, 5.41) is 7.56. The molecule has 0 saturated heterocycles. The summed E-state index contributed by atoms with van der Waals surface area (Å²) >= 11 is 1.68. The Balaban J connectivity index is 1.88. The van der Waals surface area contributed by atoms with Crippen LogP contribution in [0.15, 0.2) is 53.2 Å². The predicted octanol–water partition coefficient (Wildman–Crippen LogP) is 3.96. The van der Waals surface area contributed by atoms with Gasteiger partial charge in [0.25, 0.3) is 0 Å². The second kappa shape index (κ2) is 5.93. The molecule has 5 heteroatoms. The summed E-state index contributed by atoms with van der Waals surface area (Å²) in [6.07, 6.45) is 0. The van der Waals surface area contributed by atoms with Crippen LogP contribution in [0.1, 0.15) is 18.5 Å².